The van der Waals surface area contributed by atoms with E-state index in [4.69, 9.17) is 4.74 Å². The fourth-order valence-corrected chi connectivity index (χ4v) is 2.71. The van der Waals surface area contributed by atoms with Crippen LogP contribution in [0.3, 0.4) is 0 Å². The molecule has 2 aromatic rings. The summed E-state index contributed by atoms with van der Waals surface area (Å²) in [6.45, 7) is 0. The molecule has 4 heteroatoms. The predicted molar refractivity (Wildman–Crippen MR) is 59.7 cm³/mol. The molecule has 0 fully saturated rings. The lowest BCUT2D eigenvalue weighted by atomic mass is 10.2. The van der Waals surface area contributed by atoms with Gasteiger partial charge >= 0.3 is 0 Å². The molecule has 2 heterocycles. The maximum atomic E-state index is 5.22. The van der Waals surface area contributed by atoms with Crippen molar-refractivity contribution in [3.05, 3.63) is 36.2 Å². The number of fused-ring (bicyclic) bond motifs is 3. The lowest BCUT2D eigenvalue weighted by Gasteiger charge is -2.18. The van der Waals surface area contributed by atoms with Crippen LogP contribution >= 0.6 is 11.8 Å². The van der Waals surface area contributed by atoms with Crippen LogP contribution in [0.1, 0.15) is 5.56 Å². The Hall–Kier alpha value is -1.42. The van der Waals surface area contributed by atoms with E-state index in [1.54, 1.807) is 18.9 Å². The molecule has 1 aromatic carbocycles. The molecule has 0 N–H and O–H groups in total. The lowest BCUT2D eigenvalue weighted by Crippen LogP contribution is -2.05. The van der Waals surface area contributed by atoms with Gasteiger partial charge in [0, 0.05) is 18.1 Å². The minimum Gasteiger partial charge on any atom is -0.497 e. The standard InChI is InChI=1S/C11H10N2OS/c1-14-9-2-3-10-8(6-9)7-15-11-12-4-5-13(10)11/h2-6H,7H2,1H3. The molecular weight excluding hydrogens is 208 g/mol. The average Bonchev–Trinajstić information content (AvgIpc) is 2.76. The van der Waals surface area contributed by atoms with E-state index in [1.165, 1.54) is 11.3 Å². The molecule has 3 nitrogen and oxygen atoms in total. The van der Waals surface area contributed by atoms with E-state index in [2.05, 4.69) is 21.7 Å². The number of hydrogen-bond acceptors (Lipinski definition) is 3. The highest BCUT2D eigenvalue weighted by Crippen LogP contribution is 2.34. The second-order valence-electron chi connectivity index (χ2n) is 3.36. The fourth-order valence-electron chi connectivity index (χ4n) is 1.76. The Labute approximate surface area is 92.1 Å². The van der Waals surface area contributed by atoms with Gasteiger partial charge in [-0.25, -0.2) is 4.98 Å². The van der Waals surface area contributed by atoms with Crippen LogP contribution in [0.25, 0.3) is 5.69 Å². The van der Waals surface area contributed by atoms with Gasteiger partial charge in [0.05, 0.1) is 12.8 Å². The van der Waals surface area contributed by atoms with E-state index in [1.807, 2.05) is 18.5 Å². The number of hydrogen-bond donors (Lipinski definition) is 0. The van der Waals surface area contributed by atoms with Crippen LogP contribution in [-0.4, -0.2) is 16.7 Å². The van der Waals surface area contributed by atoms with Gasteiger partial charge in [-0.2, -0.15) is 0 Å². The van der Waals surface area contributed by atoms with E-state index < -0.39 is 0 Å². The third-order valence-electron chi connectivity index (χ3n) is 2.51. The van der Waals surface area contributed by atoms with Crippen molar-refractivity contribution in [2.24, 2.45) is 0 Å². The smallest absolute Gasteiger partial charge is 0.172 e. The first-order chi connectivity index (χ1) is 7.38. The molecule has 0 aliphatic carbocycles. The van der Waals surface area contributed by atoms with Crippen LogP contribution in [-0.2, 0) is 5.75 Å². The molecule has 0 radical (unpaired) electrons. The predicted octanol–water partition coefficient (Wildman–Crippen LogP) is 2.49. The highest BCUT2D eigenvalue weighted by molar-refractivity contribution is 7.98. The molecule has 0 amide bonds. The van der Waals surface area contributed by atoms with Gasteiger partial charge < -0.3 is 4.74 Å². The Morgan fingerprint density at radius 1 is 1.47 bits per heavy atom. The summed E-state index contributed by atoms with van der Waals surface area (Å²) in [4.78, 5) is 4.29. The number of imidazole rings is 1. The van der Waals surface area contributed by atoms with Crippen LogP contribution < -0.4 is 4.74 Å². The van der Waals surface area contributed by atoms with Crippen LogP contribution in [0.15, 0.2) is 35.7 Å². The van der Waals surface area contributed by atoms with Gasteiger partial charge in [0.1, 0.15) is 5.75 Å². The highest BCUT2D eigenvalue weighted by atomic mass is 32.2. The largest absolute Gasteiger partial charge is 0.497 e. The zero-order chi connectivity index (χ0) is 10.3. The number of benzene rings is 1. The van der Waals surface area contributed by atoms with Crippen LogP contribution in [0.4, 0.5) is 0 Å². The molecule has 3 rings (SSSR count). The van der Waals surface area contributed by atoms with Crippen molar-refractivity contribution in [3.8, 4) is 11.4 Å². The highest BCUT2D eigenvalue weighted by Gasteiger charge is 2.16. The van der Waals surface area contributed by atoms with Gasteiger partial charge in [0.25, 0.3) is 0 Å². The second-order valence-corrected chi connectivity index (χ2v) is 4.31. The molecule has 0 saturated heterocycles. The minimum absolute atomic E-state index is 0.915. The van der Waals surface area contributed by atoms with Crippen LogP contribution in [0.2, 0.25) is 0 Å². The summed E-state index contributed by atoms with van der Waals surface area (Å²) < 4.78 is 7.33. The minimum atomic E-state index is 0.915. The number of methoxy groups -OCH3 is 1. The third-order valence-corrected chi connectivity index (χ3v) is 3.53. The molecular formula is C11H10N2OS. The quantitative estimate of drug-likeness (QED) is 0.735. The zero-order valence-electron chi connectivity index (χ0n) is 8.30. The summed E-state index contributed by atoms with van der Waals surface area (Å²) >= 11 is 1.75. The number of ether oxygens (including phenoxy) is 1. The number of thioether (sulfide) groups is 1. The van der Waals surface area contributed by atoms with E-state index in [-0.39, 0.29) is 0 Å². The summed E-state index contributed by atoms with van der Waals surface area (Å²) in [5.74, 6) is 1.88. The molecule has 0 unspecified atom stereocenters. The van der Waals surface area contributed by atoms with Crippen LogP contribution in [0, 0.1) is 0 Å². The molecule has 1 aliphatic heterocycles. The van der Waals surface area contributed by atoms with Crippen molar-refractivity contribution in [2.75, 3.05) is 7.11 Å². The summed E-state index contributed by atoms with van der Waals surface area (Å²) in [5.41, 5.74) is 2.51. The molecule has 0 bridgehead atoms. The summed E-state index contributed by atoms with van der Waals surface area (Å²) in [7, 11) is 1.69. The van der Waals surface area contributed by atoms with Crippen molar-refractivity contribution >= 4 is 11.8 Å². The fraction of sp³-hybridized carbons (Fsp3) is 0.182. The summed E-state index contributed by atoms with van der Waals surface area (Å²) in [5, 5.41) is 1.06. The van der Waals surface area contributed by atoms with E-state index >= 15 is 0 Å². The molecule has 15 heavy (non-hydrogen) atoms. The topological polar surface area (TPSA) is 27.1 Å². The molecule has 0 spiro atoms. The maximum absolute atomic E-state index is 5.22. The number of nitrogens with zero attached hydrogens (tertiary/aromatic N) is 2. The summed E-state index contributed by atoms with van der Waals surface area (Å²) in [6.07, 6.45) is 3.83. The third kappa shape index (κ3) is 1.33. The molecule has 1 aromatic heterocycles. The monoisotopic (exact) mass is 218 g/mol. The molecule has 0 saturated carbocycles. The normalized spacial score (nSPS) is 13.1. The zero-order valence-corrected chi connectivity index (χ0v) is 9.12. The lowest BCUT2D eigenvalue weighted by molar-refractivity contribution is 0.414. The Morgan fingerprint density at radius 2 is 2.40 bits per heavy atom. The van der Waals surface area contributed by atoms with Gasteiger partial charge in [0.2, 0.25) is 0 Å². The SMILES string of the molecule is COc1ccc2c(c1)CSc1nccn1-2. The number of aromatic nitrogens is 2. The van der Waals surface area contributed by atoms with Gasteiger partial charge in [-0.1, -0.05) is 11.8 Å². The van der Waals surface area contributed by atoms with Crippen molar-refractivity contribution in [3.63, 3.8) is 0 Å². The van der Waals surface area contributed by atoms with Crippen molar-refractivity contribution in [1.29, 1.82) is 0 Å². The number of rotatable bonds is 1. The van der Waals surface area contributed by atoms with Crippen molar-refractivity contribution in [1.82, 2.24) is 9.55 Å². The van der Waals surface area contributed by atoms with E-state index in [0.29, 0.717) is 0 Å². The average molecular weight is 218 g/mol. The van der Waals surface area contributed by atoms with E-state index in [9.17, 15) is 0 Å². The van der Waals surface area contributed by atoms with Gasteiger partial charge in [-0.3, -0.25) is 4.57 Å². The Balaban J connectivity index is 2.18. The summed E-state index contributed by atoms with van der Waals surface area (Å²) in [6, 6.07) is 6.16. The van der Waals surface area contributed by atoms with Gasteiger partial charge in [-0.15, -0.1) is 0 Å². The molecule has 0 atom stereocenters. The maximum Gasteiger partial charge on any atom is 0.172 e. The van der Waals surface area contributed by atoms with Crippen LogP contribution in [0.5, 0.6) is 5.75 Å². The van der Waals surface area contributed by atoms with Crippen molar-refractivity contribution in [2.45, 2.75) is 10.9 Å². The molecule has 1 aliphatic rings. The molecule has 76 valence electrons. The Bertz CT molecular complexity index is 507. The Kier molecular flexibility index (Phi) is 1.95. The van der Waals surface area contributed by atoms with Gasteiger partial charge in [-0.05, 0) is 23.8 Å². The van der Waals surface area contributed by atoms with Crippen molar-refractivity contribution < 1.29 is 4.74 Å². The second kappa shape index (κ2) is 3.31. The first-order valence-electron chi connectivity index (χ1n) is 4.72. The first-order valence-corrected chi connectivity index (χ1v) is 5.70. The van der Waals surface area contributed by atoms with E-state index in [0.717, 1.165) is 16.7 Å². The first kappa shape index (κ1) is 8.85. The Morgan fingerprint density at radius 3 is 3.27 bits per heavy atom. The van der Waals surface area contributed by atoms with Gasteiger partial charge in [0.15, 0.2) is 5.16 Å².